The summed E-state index contributed by atoms with van der Waals surface area (Å²) >= 11 is 0. The van der Waals surface area contributed by atoms with E-state index < -0.39 is 0 Å². The Morgan fingerprint density at radius 2 is 1.91 bits per heavy atom. The van der Waals surface area contributed by atoms with Gasteiger partial charge in [0.05, 0.1) is 35.5 Å². The van der Waals surface area contributed by atoms with Crippen molar-refractivity contribution in [2.45, 2.75) is 38.3 Å². The molecule has 0 amide bonds. The molecular formula is C21H22N10O. The summed E-state index contributed by atoms with van der Waals surface area (Å²) in [6.07, 6.45) is 9.66. The molecule has 1 aliphatic carbocycles. The number of rotatable bonds is 6. The van der Waals surface area contributed by atoms with Gasteiger partial charge in [-0.3, -0.25) is 14.5 Å². The molecule has 1 aliphatic rings. The van der Waals surface area contributed by atoms with Crippen molar-refractivity contribution < 1.29 is 0 Å². The second kappa shape index (κ2) is 8.53. The number of aromatic nitrogens is 8. The van der Waals surface area contributed by atoms with Crippen LogP contribution in [0.5, 0.6) is 0 Å². The zero-order valence-electron chi connectivity index (χ0n) is 17.4. The molecule has 11 heteroatoms. The first-order valence-corrected chi connectivity index (χ1v) is 10.4. The quantitative estimate of drug-likeness (QED) is 0.419. The van der Waals surface area contributed by atoms with Gasteiger partial charge in [-0.05, 0) is 50.5 Å². The fourth-order valence-corrected chi connectivity index (χ4v) is 3.87. The van der Waals surface area contributed by atoms with Gasteiger partial charge in [0.2, 0.25) is 5.95 Å². The molecule has 0 spiro atoms. The largest absolute Gasteiger partial charge is 0.367 e. The van der Waals surface area contributed by atoms with Gasteiger partial charge in [-0.15, -0.1) is 10.2 Å². The van der Waals surface area contributed by atoms with Gasteiger partial charge in [-0.25, -0.2) is 9.97 Å². The normalized spacial score (nSPS) is 17.9. The van der Waals surface area contributed by atoms with Gasteiger partial charge >= 0.3 is 0 Å². The van der Waals surface area contributed by atoms with Crippen LogP contribution in [0.3, 0.4) is 0 Å². The van der Waals surface area contributed by atoms with Crippen molar-refractivity contribution in [2.24, 2.45) is 0 Å². The van der Waals surface area contributed by atoms with Crippen molar-refractivity contribution in [3.05, 3.63) is 65.1 Å². The molecule has 32 heavy (non-hydrogen) atoms. The number of nitrogens with zero attached hydrogens (tertiary/aromatic N) is 7. The molecule has 1 saturated carbocycles. The van der Waals surface area contributed by atoms with Crippen molar-refractivity contribution >= 4 is 11.8 Å². The zero-order valence-corrected chi connectivity index (χ0v) is 17.4. The highest BCUT2D eigenvalue weighted by Gasteiger charge is 2.25. The van der Waals surface area contributed by atoms with Crippen molar-refractivity contribution in [3.8, 4) is 16.9 Å². The summed E-state index contributed by atoms with van der Waals surface area (Å²) in [5, 5.41) is 25.2. The van der Waals surface area contributed by atoms with Crippen LogP contribution in [0, 0.1) is 6.92 Å². The Balaban J connectivity index is 1.24. The summed E-state index contributed by atoms with van der Waals surface area (Å²) in [5.74, 6) is 1.33. The van der Waals surface area contributed by atoms with E-state index in [-0.39, 0.29) is 11.6 Å². The summed E-state index contributed by atoms with van der Waals surface area (Å²) in [4.78, 5) is 21.6. The van der Waals surface area contributed by atoms with E-state index in [1.54, 1.807) is 41.5 Å². The fraction of sp³-hybridized carbons (Fsp3) is 0.286. The van der Waals surface area contributed by atoms with Crippen LogP contribution >= 0.6 is 0 Å². The number of H-pyrrole nitrogens is 1. The summed E-state index contributed by atoms with van der Waals surface area (Å²) < 4.78 is 1.55. The monoisotopic (exact) mass is 430 g/mol. The number of aryl methyl sites for hydroxylation is 1. The summed E-state index contributed by atoms with van der Waals surface area (Å²) in [6.45, 7) is 1.86. The molecule has 0 aliphatic heterocycles. The Morgan fingerprint density at radius 1 is 1.03 bits per heavy atom. The van der Waals surface area contributed by atoms with Crippen LogP contribution in [0.25, 0.3) is 16.9 Å². The van der Waals surface area contributed by atoms with E-state index in [2.05, 4.69) is 46.2 Å². The SMILES string of the molecule is Cc1cnc(N[C@H]2CC[C@H](Nc3ccc(-n4cccc(-c5c[nH]nn5)c4=O)cn3)C2)nn1. The van der Waals surface area contributed by atoms with Crippen LogP contribution in [0.2, 0.25) is 0 Å². The Hall–Kier alpha value is -4.15. The lowest BCUT2D eigenvalue weighted by Gasteiger charge is -2.15. The van der Waals surface area contributed by atoms with E-state index >= 15 is 0 Å². The number of pyridine rings is 2. The van der Waals surface area contributed by atoms with E-state index in [0.29, 0.717) is 28.9 Å². The van der Waals surface area contributed by atoms with Gasteiger partial charge in [0.15, 0.2) is 0 Å². The number of hydrogen-bond acceptors (Lipinski definition) is 9. The first-order valence-electron chi connectivity index (χ1n) is 10.4. The molecule has 5 rings (SSSR count). The van der Waals surface area contributed by atoms with E-state index in [1.165, 1.54) is 0 Å². The minimum Gasteiger partial charge on any atom is -0.367 e. The highest BCUT2D eigenvalue weighted by molar-refractivity contribution is 5.57. The van der Waals surface area contributed by atoms with Gasteiger partial charge in [0, 0.05) is 18.3 Å². The van der Waals surface area contributed by atoms with Crippen LogP contribution in [-0.4, -0.2) is 52.2 Å². The number of hydrogen-bond donors (Lipinski definition) is 3. The lowest BCUT2D eigenvalue weighted by Crippen LogP contribution is -2.22. The summed E-state index contributed by atoms with van der Waals surface area (Å²) in [7, 11) is 0. The maximum absolute atomic E-state index is 12.9. The van der Waals surface area contributed by atoms with Gasteiger partial charge in [0.1, 0.15) is 11.5 Å². The molecule has 162 valence electrons. The lowest BCUT2D eigenvalue weighted by molar-refractivity contribution is 0.712. The first-order chi connectivity index (χ1) is 15.7. The second-order valence-corrected chi connectivity index (χ2v) is 7.78. The topological polar surface area (TPSA) is 139 Å². The number of nitrogens with one attached hydrogen (secondary N) is 3. The van der Waals surface area contributed by atoms with Crippen LogP contribution in [-0.2, 0) is 0 Å². The summed E-state index contributed by atoms with van der Waals surface area (Å²) in [6, 6.07) is 7.87. The average molecular weight is 430 g/mol. The van der Waals surface area contributed by atoms with Crippen LogP contribution < -0.4 is 16.2 Å². The molecule has 4 aromatic heterocycles. The van der Waals surface area contributed by atoms with Crippen LogP contribution in [0.4, 0.5) is 11.8 Å². The fourth-order valence-electron chi connectivity index (χ4n) is 3.87. The Labute approximate surface area is 183 Å². The molecule has 0 aromatic carbocycles. The second-order valence-electron chi connectivity index (χ2n) is 7.78. The molecule has 4 aromatic rings. The number of anilines is 2. The highest BCUT2D eigenvalue weighted by atomic mass is 16.1. The smallest absolute Gasteiger partial charge is 0.264 e. The minimum absolute atomic E-state index is 0.179. The third-order valence-corrected chi connectivity index (χ3v) is 5.46. The highest BCUT2D eigenvalue weighted by Crippen LogP contribution is 2.24. The predicted octanol–water partition coefficient (Wildman–Crippen LogP) is 1.96. The third-order valence-electron chi connectivity index (χ3n) is 5.46. The standard InChI is InChI=1S/C21H22N10O/c1-13-10-23-21(29-27-13)26-15-5-4-14(9-15)25-19-7-6-16(11-22-19)31-8-2-3-17(20(31)32)18-12-24-30-28-18/h2-3,6-8,10-12,14-15H,4-5,9H2,1H3,(H,22,25)(H,23,26,29)(H,24,28,30)/t14-,15-/m0/s1. The molecule has 0 bridgehead atoms. The van der Waals surface area contributed by atoms with Crippen LogP contribution in [0.15, 0.2) is 53.8 Å². The van der Waals surface area contributed by atoms with Crippen molar-refractivity contribution in [1.29, 1.82) is 0 Å². The Kier molecular flexibility index (Phi) is 5.28. The molecule has 11 nitrogen and oxygen atoms in total. The molecule has 1 fully saturated rings. The predicted molar refractivity (Wildman–Crippen MR) is 118 cm³/mol. The molecule has 0 saturated heterocycles. The minimum atomic E-state index is -0.179. The van der Waals surface area contributed by atoms with E-state index in [9.17, 15) is 4.79 Å². The van der Waals surface area contributed by atoms with Crippen molar-refractivity contribution in [2.75, 3.05) is 10.6 Å². The van der Waals surface area contributed by atoms with Gasteiger partial charge < -0.3 is 10.6 Å². The maximum atomic E-state index is 12.9. The third kappa shape index (κ3) is 4.17. The van der Waals surface area contributed by atoms with Crippen LogP contribution in [0.1, 0.15) is 25.0 Å². The number of aromatic amines is 1. The Morgan fingerprint density at radius 3 is 2.62 bits per heavy atom. The molecule has 0 unspecified atom stereocenters. The van der Waals surface area contributed by atoms with Gasteiger partial charge in [-0.1, -0.05) is 5.21 Å². The molecular weight excluding hydrogens is 408 g/mol. The van der Waals surface area contributed by atoms with E-state index in [4.69, 9.17) is 0 Å². The van der Waals surface area contributed by atoms with E-state index in [1.807, 2.05) is 19.1 Å². The molecule has 2 atom stereocenters. The van der Waals surface area contributed by atoms with Gasteiger partial charge in [-0.2, -0.15) is 5.10 Å². The van der Waals surface area contributed by atoms with E-state index in [0.717, 1.165) is 30.8 Å². The average Bonchev–Trinajstić information content (AvgIpc) is 3.49. The molecule has 4 heterocycles. The van der Waals surface area contributed by atoms with Crippen molar-refractivity contribution in [1.82, 2.24) is 40.1 Å². The van der Waals surface area contributed by atoms with Gasteiger partial charge in [0.25, 0.3) is 5.56 Å². The molecule has 0 radical (unpaired) electrons. The first kappa shape index (κ1) is 19.8. The Bertz CT molecular complexity index is 1240. The molecule has 3 N–H and O–H groups in total. The van der Waals surface area contributed by atoms with Crippen molar-refractivity contribution in [3.63, 3.8) is 0 Å². The summed E-state index contributed by atoms with van der Waals surface area (Å²) in [5.41, 5.74) is 2.28. The zero-order chi connectivity index (χ0) is 21.9. The maximum Gasteiger partial charge on any atom is 0.264 e. The lowest BCUT2D eigenvalue weighted by atomic mass is 10.2.